The molecule has 6 unspecified atom stereocenters. The molecule has 18 heteroatoms. The van der Waals surface area contributed by atoms with E-state index in [1.807, 2.05) is 48.5 Å². The quantitative estimate of drug-likeness (QED) is 0.0157. The highest BCUT2D eigenvalue weighted by Gasteiger charge is 2.66. The van der Waals surface area contributed by atoms with Gasteiger partial charge in [-0.2, -0.15) is 0 Å². The average Bonchev–Trinajstić information content (AvgIpc) is 1.22. The summed E-state index contributed by atoms with van der Waals surface area (Å²) in [6, 6.07) is 29.2. The second-order valence-electron chi connectivity index (χ2n) is 21.9. The largest absolute Gasteiger partial charge is 0.459 e. The summed E-state index contributed by atoms with van der Waals surface area (Å²) >= 11 is 0. The number of nitro groups is 2. The Hall–Kier alpha value is -7.67. The first kappa shape index (κ1) is 61.4. The lowest BCUT2D eigenvalue weighted by molar-refractivity contribution is -0.385. The highest BCUT2D eigenvalue weighted by atomic mass is 16.7. The molecule has 1 fully saturated rings. The SMILES string of the molecule is C=CCOC12Oc3ccc(OC(=O)NCCCCCCCCCCCC)cc3C3C(CCCCO)C(CCCCO)C=C(C(=NOCc4ccc([N+](=O)[O-])cc4)CC1N(Cc1cccc4ccccc14)C(=O)Oc1ccc([N+](=O)[O-])cc1)C32. The van der Waals surface area contributed by atoms with Crippen LogP contribution in [0.2, 0.25) is 0 Å². The molecule has 1 heterocycles. The first-order valence-corrected chi connectivity index (χ1v) is 29.6. The molecule has 0 aromatic heterocycles. The van der Waals surface area contributed by atoms with Gasteiger partial charge in [-0.25, -0.2) is 9.59 Å². The van der Waals surface area contributed by atoms with Crippen molar-refractivity contribution in [2.24, 2.45) is 22.9 Å². The summed E-state index contributed by atoms with van der Waals surface area (Å²) in [7, 11) is 0. The monoisotopic (exact) mass is 1140 g/mol. The maximum atomic E-state index is 15.5. The van der Waals surface area contributed by atoms with Crippen molar-refractivity contribution in [1.29, 1.82) is 0 Å². The second kappa shape index (κ2) is 30.6. The number of non-ortho nitro benzene ring substituents is 2. The normalized spacial score (nSPS) is 20.1. The summed E-state index contributed by atoms with van der Waals surface area (Å²) in [5.41, 5.74) is 3.08. The van der Waals surface area contributed by atoms with E-state index in [1.54, 1.807) is 35.2 Å². The van der Waals surface area contributed by atoms with Gasteiger partial charge in [0, 0.05) is 61.9 Å². The van der Waals surface area contributed by atoms with Crippen molar-refractivity contribution in [2.75, 3.05) is 26.4 Å². The summed E-state index contributed by atoms with van der Waals surface area (Å²) in [5, 5.41) is 53.3. The summed E-state index contributed by atoms with van der Waals surface area (Å²) in [5.74, 6) is -2.46. The lowest BCUT2D eigenvalue weighted by atomic mass is 9.55. The molecule has 0 radical (unpaired) electrons. The number of ether oxygens (including phenoxy) is 4. The zero-order chi connectivity index (χ0) is 58.6. The first-order chi connectivity index (χ1) is 40.5. The fourth-order valence-electron chi connectivity index (χ4n) is 12.3. The zero-order valence-electron chi connectivity index (χ0n) is 47.6. The van der Waals surface area contributed by atoms with Gasteiger partial charge in [-0.1, -0.05) is 137 Å². The van der Waals surface area contributed by atoms with Crippen LogP contribution in [0.25, 0.3) is 10.8 Å². The van der Waals surface area contributed by atoms with E-state index in [0.717, 1.165) is 46.7 Å². The molecule has 1 saturated carbocycles. The Morgan fingerprint density at radius 3 is 2.12 bits per heavy atom. The molecule has 1 aliphatic heterocycles. The molecule has 0 spiro atoms. The fourth-order valence-corrected chi connectivity index (χ4v) is 12.3. The third-order valence-corrected chi connectivity index (χ3v) is 16.3. The lowest BCUT2D eigenvalue weighted by Gasteiger charge is -2.59. The number of hydrogen-bond acceptors (Lipinski definition) is 14. The van der Waals surface area contributed by atoms with Gasteiger partial charge in [-0.3, -0.25) is 25.1 Å². The number of aliphatic hydroxyl groups is 2. The predicted octanol–water partition coefficient (Wildman–Crippen LogP) is 14.2. The molecule has 6 atom stereocenters. The number of fused-ring (bicyclic) bond motifs is 3. The Balaban J connectivity index is 1.24. The third kappa shape index (κ3) is 15.7. The molecule has 8 rings (SSSR count). The van der Waals surface area contributed by atoms with E-state index in [4.69, 9.17) is 28.9 Å². The van der Waals surface area contributed by atoms with Crippen LogP contribution >= 0.6 is 0 Å². The number of allylic oxidation sites excluding steroid dienone is 1. The lowest BCUT2D eigenvalue weighted by Crippen LogP contribution is -2.70. The number of oxime groups is 1. The van der Waals surface area contributed by atoms with E-state index < -0.39 is 45.7 Å². The molecule has 442 valence electrons. The van der Waals surface area contributed by atoms with Crippen molar-refractivity contribution in [3.63, 3.8) is 0 Å². The third-order valence-electron chi connectivity index (χ3n) is 16.3. The van der Waals surface area contributed by atoms with Crippen molar-refractivity contribution < 1.29 is 53.4 Å². The molecular weight excluding hydrogens is 1060 g/mol. The van der Waals surface area contributed by atoms with Gasteiger partial charge in [-0.05, 0) is 114 Å². The number of nitrogens with one attached hydrogen (secondary N) is 1. The second-order valence-corrected chi connectivity index (χ2v) is 21.9. The maximum absolute atomic E-state index is 15.5. The van der Waals surface area contributed by atoms with E-state index >= 15 is 4.79 Å². The molecule has 18 nitrogen and oxygen atoms in total. The molecule has 5 aromatic rings. The van der Waals surface area contributed by atoms with Crippen LogP contribution < -0.4 is 19.5 Å². The maximum Gasteiger partial charge on any atom is 0.416 e. The van der Waals surface area contributed by atoms with Gasteiger partial charge in [0.05, 0.1) is 34.6 Å². The highest BCUT2D eigenvalue weighted by molar-refractivity contribution is 6.03. The molecule has 0 saturated heterocycles. The Morgan fingerprint density at radius 1 is 0.783 bits per heavy atom. The number of hydrogen-bond donors (Lipinski definition) is 3. The Kier molecular flexibility index (Phi) is 22.6. The van der Waals surface area contributed by atoms with Gasteiger partial charge in [0.1, 0.15) is 29.9 Å². The minimum absolute atomic E-state index is 0.00897. The minimum atomic E-state index is -1.73. The molecule has 2 aliphatic carbocycles. The standard InChI is InChI=1S/C65H79N5O13/c1-3-5-6-7-8-9-10-11-12-17-37-66-63(73)81-53-35-36-59-57(42-53)61-55(26-16-19-39-72)48(22-15-18-38-71)41-56-58(67-80-45-46-27-29-50(30-28-46)69(75)76)43-60(65(83-59,62(56)61)79-40-4-2)68(44-49-24-20-23-47-21-13-14-25-54(47)49)64(74)82-52-33-31-51(32-34-52)70(77)78/h4,13-14,20-21,23-25,27-36,41-42,48,55,60-62,71-72H,2-3,5-12,15-19,22,26,37-40,43-45H2,1H3,(H,66,73). The van der Waals surface area contributed by atoms with Crippen LogP contribution in [0.3, 0.4) is 0 Å². The number of benzene rings is 5. The van der Waals surface area contributed by atoms with Gasteiger partial charge >= 0.3 is 12.2 Å². The molecular formula is C65H79N5O13. The topological polar surface area (TPSA) is 235 Å². The number of rotatable bonds is 32. The minimum Gasteiger partial charge on any atom is -0.459 e. The molecule has 0 bridgehead atoms. The smallest absolute Gasteiger partial charge is 0.416 e. The number of carbonyl (C=O) groups excluding carboxylic acids is 2. The van der Waals surface area contributed by atoms with E-state index in [-0.39, 0.29) is 68.4 Å². The highest BCUT2D eigenvalue weighted by Crippen LogP contribution is 2.62. The van der Waals surface area contributed by atoms with Crippen molar-refractivity contribution in [3.8, 4) is 17.2 Å². The van der Waals surface area contributed by atoms with E-state index in [1.165, 1.54) is 81.3 Å². The van der Waals surface area contributed by atoms with Gasteiger partial charge < -0.3 is 39.3 Å². The fraction of sp³-hybridized carbons (Fsp3) is 0.462. The molecule has 2 amide bonds. The number of unbranched alkanes of at least 4 members (excludes halogenated alkanes) is 11. The molecule has 5 aromatic carbocycles. The van der Waals surface area contributed by atoms with Crippen molar-refractivity contribution in [1.82, 2.24) is 10.2 Å². The van der Waals surface area contributed by atoms with Crippen LogP contribution in [0.15, 0.2) is 139 Å². The van der Waals surface area contributed by atoms with Crippen LogP contribution in [-0.4, -0.2) is 81.1 Å². The summed E-state index contributed by atoms with van der Waals surface area (Å²) in [4.78, 5) is 59.2. The van der Waals surface area contributed by atoms with Gasteiger partial charge in [0.25, 0.3) is 11.4 Å². The van der Waals surface area contributed by atoms with E-state index in [9.17, 15) is 35.2 Å². The molecule has 83 heavy (non-hydrogen) atoms. The first-order valence-electron chi connectivity index (χ1n) is 29.6. The Morgan fingerprint density at radius 2 is 1.43 bits per heavy atom. The van der Waals surface area contributed by atoms with Crippen LogP contribution in [0.1, 0.15) is 139 Å². The van der Waals surface area contributed by atoms with Crippen molar-refractivity contribution >= 4 is 40.0 Å². The number of nitrogens with zero attached hydrogens (tertiary/aromatic N) is 4. The van der Waals surface area contributed by atoms with Crippen molar-refractivity contribution in [2.45, 2.75) is 147 Å². The van der Waals surface area contributed by atoms with Gasteiger partial charge in [0.15, 0.2) is 0 Å². The Labute approximate surface area is 485 Å². The number of amides is 2. The molecule has 3 aliphatic rings. The summed E-state index contributed by atoms with van der Waals surface area (Å²) in [6.07, 6.45) is 17.9. The summed E-state index contributed by atoms with van der Waals surface area (Å²) < 4.78 is 27.0. The summed E-state index contributed by atoms with van der Waals surface area (Å²) in [6.45, 7) is 6.63. The average molecular weight is 1140 g/mol. The van der Waals surface area contributed by atoms with Crippen LogP contribution in [0.5, 0.6) is 17.2 Å². The predicted molar refractivity (Wildman–Crippen MR) is 317 cm³/mol. The zero-order valence-corrected chi connectivity index (χ0v) is 47.6. The molecule has 3 N–H and O–H groups in total. The number of carbonyl (C=O) groups is 2. The van der Waals surface area contributed by atoms with E-state index in [0.29, 0.717) is 67.8 Å². The van der Waals surface area contributed by atoms with Gasteiger partial charge in [0.2, 0.25) is 5.79 Å². The Bertz CT molecular complexity index is 3040. The van der Waals surface area contributed by atoms with Gasteiger partial charge in [-0.15, -0.1) is 6.58 Å². The number of nitro benzene ring substituents is 2. The van der Waals surface area contributed by atoms with Crippen LogP contribution in [0, 0.1) is 38.0 Å². The van der Waals surface area contributed by atoms with E-state index in [2.05, 4.69) is 24.9 Å². The van der Waals surface area contributed by atoms with Crippen LogP contribution in [0.4, 0.5) is 21.0 Å². The number of aliphatic hydroxyl groups excluding tert-OH is 2. The van der Waals surface area contributed by atoms with Crippen molar-refractivity contribution in [3.05, 3.63) is 170 Å². The van der Waals surface area contributed by atoms with Crippen LogP contribution in [-0.2, 0) is 22.7 Å².